The molecule has 1 rings (SSSR count). The first-order valence-corrected chi connectivity index (χ1v) is 11.1. The van der Waals surface area contributed by atoms with Gasteiger partial charge in [0.25, 0.3) is 0 Å². The number of rotatable bonds is 9. The minimum atomic E-state index is -1.17. The summed E-state index contributed by atoms with van der Waals surface area (Å²) in [5.41, 5.74) is 1.10. The van der Waals surface area contributed by atoms with Crippen LogP contribution >= 0.6 is 0 Å². The molecule has 1 N–H and O–H groups in total. The molecule has 0 unspecified atom stereocenters. The van der Waals surface area contributed by atoms with Gasteiger partial charge >= 0.3 is 5.97 Å². The van der Waals surface area contributed by atoms with E-state index >= 15 is 0 Å². The Hall–Kier alpha value is -1.17. The monoisotopic (exact) mass is 309 g/mol. The van der Waals surface area contributed by atoms with Gasteiger partial charge in [0.1, 0.15) is 6.04 Å². The zero-order valence-corrected chi connectivity index (χ0v) is 14.5. The van der Waals surface area contributed by atoms with E-state index in [0.717, 1.165) is 11.6 Å². The predicted molar refractivity (Wildman–Crippen MR) is 88.1 cm³/mol. The summed E-state index contributed by atoms with van der Waals surface area (Å²) in [7, 11) is 0.579. The maximum atomic E-state index is 12.0. The zero-order chi connectivity index (χ0) is 15.7. The van der Waals surface area contributed by atoms with E-state index in [2.05, 4.69) is 25.0 Å². The molecule has 21 heavy (non-hydrogen) atoms. The third-order valence-corrected chi connectivity index (χ3v) is 4.83. The molecular weight excluding hydrogens is 282 g/mol. The van der Waals surface area contributed by atoms with Gasteiger partial charge in [-0.1, -0.05) is 50.0 Å². The number of esters is 1. The molecule has 0 saturated carbocycles. The Balaban J connectivity index is 2.28. The van der Waals surface area contributed by atoms with Crippen molar-refractivity contribution < 1.29 is 14.3 Å². The molecule has 0 radical (unpaired) electrons. The van der Waals surface area contributed by atoms with Crippen molar-refractivity contribution in [1.29, 1.82) is 0 Å². The van der Waals surface area contributed by atoms with Crippen LogP contribution in [0.2, 0.25) is 25.7 Å². The number of carbonyl (C=O) groups is 1. The van der Waals surface area contributed by atoms with E-state index in [1.165, 1.54) is 0 Å². The number of hydrogen-bond acceptors (Lipinski definition) is 4. The van der Waals surface area contributed by atoms with Crippen molar-refractivity contribution in [2.45, 2.75) is 38.3 Å². The van der Waals surface area contributed by atoms with Crippen LogP contribution < -0.4 is 5.32 Å². The summed E-state index contributed by atoms with van der Waals surface area (Å²) in [4.78, 5) is 12.0. The van der Waals surface area contributed by atoms with Crippen molar-refractivity contribution >= 4 is 14.0 Å². The summed E-state index contributed by atoms with van der Waals surface area (Å²) in [6.45, 7) is 8.11. The van der Waals surface area contributed by atoms with Gasteiger partial charge in [0.2, 0.25) is 0 Å². The van der Waals surface area contributed by atoms with E-state index in [1.807, 2.05) is 30.3 Å². The highest BCUT2D eigenvalue weighted by Gasteiger charge is 2.20. The highest BCUT2D eigenvalue weighted by Crippen LogP contribution is 2.08. The molecule has 0 saturated heterocycles. The maximum Gasteiger partial charge on any atom is 0.325 e. The van der Waals surface area contributed by atoms with Gasteiger partial charge in [-0.05, 0) is 18.7 Å². The SMILES string of the molecule is CN[C@@H](COCc1ccccc1)C(=O)OCC[Si](C)(C)C. The van der Waals surface area contributed by atoms with Crippen molar-refractivity contribution in [3.05, 3.63) is 35.9 Å². The molecule has 1 atom stereocenters. The Morgan fingerprint density at radius 3 is 2.48 bits per heavy atom. The van der Waals surface area contributed by atoms with E-state index in [4.69, 9.17) is 9.47 Å². The third-order valence-electron chi connectivity index (χ3n) is 3.13. The molecule has 0 fully saturated rings. The quantitative estimate of drug-likeness (QED) is 0.563. The topological polar surface area (TPSA) is 47.6 Å². The summed E-state index contributed by atoms with van der Waals surface area (Å²) in [6, 6.07) is 10.5. The first-order chi connectivity index (χ1) is 9.92. The number of benzene rings is 1. The van der Waals surface area contributed by atoms with E-state index in [1.54, 1.807) is 7.05 Å². The normalized spacial score (nSPS) is 13.0. The number of carbonyl (C=O) groups excluding carboxylic acids is 1. The van der Waals surface area contributed by atoms with Crippen LogP contribution in [0.4, 0.5) is 0 Å². The van der Waals surface area contributed by atoms with Crippen LogP contribution in [0.1, 0.15) is 5.56 Å². The largest absolute Gasteiger partial charge is 0.465 e. The van der Waals surface area contributed by atoms with E-state index in [-0.39, 0.29) is 5.97 Å². The fourth-order valence-corrected chi connectivity index (χ4v) is 2.41. The van der Waals surface area contributed by atoms with Crippen LogP contribution in [0.25, 0.3) is 0 Å². The summed E-state index contributed by atoms with van der Waals surface area (Å²) in [6.07, 6.45) is 0. The molecule has 0 spiro atoms. The van der Waals surface area contributed by atoms with Gasteiger partial charge in [0.05, 0.1) is 19.8 Å². The van der Waals surface area contributed by atoms with Gasteiger partial charge in [0.15, 0.2) is 0 Å². The highest BCUT2D eigenvalue weighted by molar-refractivity contribution is 6.76. The molecule has 1 aromatic carbocycles. The minimum Gasteiger partial charge on any atom is -0.465 e. The Labute approximate surface area is 128 Å². The standard InChI is InChI=1S/C16H27NO3Si/c1-17-15(16(18)20-10-11-21(2,3)4)13-19-12-14-8-6-5-7-9-14/h5-9,15,17H,10-13H2,1-4H3/t15-/m0/s1. The second kappa shape index (κ2) is 8.97. The Morgan fingerprint density at radius 2 is 1.90 bits per heavy atom. The summed E-state index contributed by atoms with van der Waals surface area (Å²) < 4.78 is 10.9. The van der Waals surface area contributed by atoms with Gasteiger partial charge in [-0.2, -0.15) is 0 Å². The smallest absolute Gasteiger partial charge is 0.325 e. The lowest BCUT2D eigenvalue weighted by Gasteiger charge is -2.18. The molecule has 0 aliphatic rings. The van der Waals surface area contributed by atoms with Gasteiger partial charge in [-0.15, -0.1) is 0 Å². The molecule has 4 nitrogen and oxygen atoms in total. The second-order valence-corrected chi connectivity index (χ2v) is 11.9. The number of nitrogens with one attached hydrogen (secondary N) is 1. The third kappa shape index (κ3) is 7.99. The fraction of sp³-hybridized carbons (Fsp3) is 0.562. The van der Waals surface area contributed by atoms with E-state index in [9.17, 15) is 4.79 Å². The Morgan fingerprint density at radius 1 is 1.24 bits per heavy atom. The Kier molecular flexibility index (Phi) is 7.64. The molecule has 1 aromatic rings. The second-order valence-electron chi connectivity index (χ2n) is 6.32. The van der Waals surface area contributed by atoms with Crippen molar-refractivity contribution in [2.24, 2.45) is 0 Å². The van der Waals surface area contributed by atoms with Gasteiger partial charge < -0.3 is 14.8 Å². The molecule has 0 aliphatic heterocycles. The van der Waals surface area contributed by atoms with Crippen LogP contribution in [0, 0.1) is 0 Å². The van der Waals surface area contributed by atoms with Gasteiger partial charge in [0, 0.05) is 8.07 Å². The predicted octanol–water partition coefficient (Wildman–Crippen LogP) is 2.67. The number of likely N-dealkylation sites (N-methyl/N-ethyl adjacent to an activating group) is 1. The average molecular weight is 309 g/mol. The lowest BCUT2D eigenvalue weighted by Crippen LogP contribution is -2.40. The molecule has 0 bridgehead atoms. The van der Waals surface area contributed by atoms with Crippen molar-refractivity contribution in [3.8, 4) is 0 Å². The van der Waals surface area contributed by atoms with E-state index < -0.39 is 14.1 Å². The molecule has 118 valence electrons. The molecule has 0 amide bonds. The van der Waals surface area contributed by atoms with Crippen LogP contribution in [0.5, 0.6) is 0 Å². The van der Waals surface area contributed by atoms with Crippen molar-refractivity contribution in [1.82, 2.24) is 5.32 Å². The first-order valence-electron chi connectivity index (χ1n) is 7.38. The summed E-state index contributed by atoms with van der Waals surface area (Å²) >= 11 is 0. The lowest BCUT2D eigenvalue weighted by molar-refractivity contribution is -0.147. The van der Waals surface area contributed by atoms with Crippen LogP contribution in [-0.4, -0.2) is 40.3 Å². The Bertz CT molecular complexity index is 417. The van der Waals surface area contributed by atoms with Crippen molar-refractivity contribution in [2.75, 3.05) is 20.3 Å². The minimum absolute atomic E-state index is 0.233. The highest BCUT2D eigenvalue weighted by atomic mass is 28.3. The van der Waals surface area contributed by atoms with Crippen LogP contribution in [0.15, 0.2) is 30.3 Å². The van der Waals surface area contributed by atoms with Crippen molar-refractivity contribution in [3.63, 3.8) is 0 Å². The zero-order valence-electron chi connectivity index (χ0n) is 13.5. The van der Waals surface area contributed by atoms with Crippen LogP contribution in [-0.2, 0) is 20.9 Å². The molecule has 0 heterocycles. The molecular formula is C16H27NO3Si. The average Bonchev–Trinajstić information content (AvgIpc) is 2.43. The van der Waals surface area contributed by atoms with Gasteiger partial charge in [-0.25, -0.2) is 0 Å². The number of ether oxygens (including phenoxy) is 2. The fourth-order valence-electron chi connectivity index (χ4n) is 1.70. The molecule has 0 aliphatic carbocycles. The molecule has 0 aromatic heterocycles. The lowest BCUT2D eigenvalue weighted by atomic mass is 10.2. The maximum absolute atomic E-state index is 12.0. The van der Waals surface area contributed by atoms with Crippen LogP contribution in [0.3, 0.4) is 0 Å². The molecule has 5 heteroatoms. The number of hydrogen-bond donors (Lipinski definition) is 1. The first kappa shape index (κ1) is 17.9. The summed E-state index contributed by atoms with van der Waals surface area (Å²) in [5.74, 6) is -0.233. The van der Waals surface area contributed by atoms with E-state index in [0.29, 0.717) is 19.8 Å². The van der Waals surface area contributed by atoms with Gasteiger partial charge in [-0.3, -0.25) is 4.79 Å². The summed E-state index contributed by atoms with van der Waals surface area (Å²) in [5, 5.41) is 2.95.